The average molecular weight is 463 g/mol. The Hall–Kier alpha value is -3.09. The summed E-state index contributed by atoms with van der Waals surface area (Å²) in [6.45, 7) is 4.81. The average Bonchev–Trinajstić information content (AvgIpc) is 3.49. The molecule has 0 unspecified atom stereocenters. The summed E-state index contributed by atoms with van der Waals surface area (Å²) in [4.78, 5) is 6.82. The molecule has 1 fully saturated rings. The monoisotopic (exact) mass is 462 g/mol. The third-order valence-corrected chi connectivity index (χ3v) is 6.66. The van der Waals surface area contributed by atoms with Crippen molar-refractivity contribution in [1.29, 1.82) is 0 Å². The van der Waals surface area contributed by atoms with Crippen LogP contribution in [0.4, 0.5) is 0 Å². The molecule has 7 heteroatoms. The molecule has 3 aromatic heterocycles. The minimum atomic E-state index is -0.0844. The number of aryl methyl sites for hydroxylation is 1. The molecule has 32 heavy (non-hydrogen) atoms. The van der Waals surface area contributed by atoms with E-state index < -0.39 is 0 Å². The standard InChI is InChI=1S/C25H23ClN4OS/c1-16-14-19(17(2)30(16)22-11-4-3-9-20(22)26)24-23(21-10-5-6-12-27-21)28-25(32)29(24)15-18-8-7-13-31-18/h3-14,23-24H,15H2,1-2H3,(H,28,32)/t23-,24+/m0/s1. The van der Waals surface area contributed by atoms with E-state index in [2.05, 4.69) is 39.7 Å². The Morgan fingerprint density at radius 2 is 1.91 bits per heavy atom. The van der Waals surface area contributed by atoms with E-state index in [1.807, 2.05) is 60.8 Å². The lowest BCUT2D eigenvalue weighted by molar-refractivity contribution is 0.286. The van der Waals surface area contributed by atoms with Crippen molar-refractivity contribution in [2.24, 2.45) is 0 Å². The molecule has 1 aliphatic rings. The first-order chi connectivity index (χ1) is 15.5. The number of para-hydroxylation sites is 1. The van der Waals surface area contributed by atoms with Gasteiger partial charge < -0.3 is 19.2 Å². The van der Waals surface area contributed by atoms with Gasteiger partial charge in [0.25, 0.3) is 0 Å². The highest BCUT2D eigenvalue weighted by Crippen LogP contribution is 2.42. The molecule has 2 atom stereocenters. The molecule has 0 saturated carbocycles. The molecule has 0 radical (unpaired) electrons. The highest BCUT2D eigenvalue weighted by atomic mass is 35.5. The summed E-state index contributed by atoms with van der Waals surface area (Å²) >= 11 is 12.3. The Bertz CT molecular complexity index is 1250. The fourth-order valence-electron chi connectivity index (χ4n) is 4.58. The van der Waals surface area contributed by atoms with Crippen LogP contribution >= 0.6 is 23.8 Å². The van der Waals surface area contributed by atoms with Gasteiger partial charge in [-0.25, -0.2) is 0 Å². The highest BCUT2D eigenvalue weighted by molar-refractivity contribution is 7.80. The number of pyridine rings is 1. The number of nitrogens with zero attached hydrogens (tertiary/aromatic N) is 3. The first-order valence-corrected chi connectivity index (χ1v) is 11.3. The number of hydrogen-bond donors (Lipinski definition) is 1. The summed E-state index contributed by atoms with van der Waals surface area (Å²) in [6.07, 6.45) is 3.51. The van der Waals surface area contributed by atoms with Crippen molar-refractivity contribution in [3.05, 3.63) is 107 Å². The molecule has 1 aliphatic heterocycles. The third kappa shape index (κ3) is 3.59. The second kappa shape index (κ2) is 8.45. The molecule has 0 amide bonds. The predicted octanol–water partition coefficient (Wildman–Crippen LogP) is 5.91. The van der Waals surface area contributed by atoms with Crippen LogP contribution in [-0.4, -0.2) is 19.6 Å². The van der Waals surface area contributed by atoms with Gasteiger partial charge in [0, 0.05) is 17.6 Å². The summed E-state index contributed by atoms with van der Waals surface area (Å²) < 4.78 is 7.85. The zero-order valence-corrected chi connectivity index (χ0v) is 19.4. The predicted molar refractivity (Wildman–Crippen MR) is 130 cm³/mol. The van der Waals surface area contributed by atoms with Gasteiger partial charge in [0.2, 0.25) is 0 Å². The van der Waals surface area contributed by atoms with Gasteiger partial charge in [0.05, 0.1) is 41.3 Å². The molecule has 4 heterocycles. The first kappa shape index (κ1) is 20.8. The van der Waals surface area contributed by atoms with Crippen molar-refractivity contribution >= 4 is 28.9 Å². The van der Waals surface area contributed by atoms with E-state index in [9.17, 15) is 0 Å². The van der Waals surface area contributed by atoms with Gasteiger partial charge in [-0.2, -0.15) is 0 Å². The Morgan fingerprint density at radius 1 is 1.09 bits per heavy atom. The molecular formula is C25H23ClN4OS. The molecule has 0 aliphatic carbocycles. The zero-order valence-electron chi connectivity index (χ0n) is 17.8. The molecular weight excluding hydrogens is 440 g/mol. The quantitative estimate of drug-likeness (QED) is 0.373. The maximum Gasteiger partial charge on any atom is 0.170 e. The first-order valence-electron chi connectivity index (χ1n) is 10.5. The Balaban J connectivity index is 1.64. The lowest BCUT2D eigenvalue weighted by Gasteiger charge is -2.27. The van der Waals surface area contributed by atoms with Crippen molar-refractivity contribution in [1.82, 2.24) is 19.8 Å². The van der Waals surface area contributed by atoms with E-state index in [1.165, 1.54) is 5.56 Å². The van der Waals surface area contributed by atoms with Gasteiger partial charge >= 0.3 is 0 Å². The van der Waals surface area contributed by atoms with E-state index in [4.69, 9.17) is 28.2 Å². The van der Waals surface area contributed by atoms with Crippen LogP contribution in [0.25, 0.3) is 5.69 Å². The zero-order chi connectivity index (χ0) is 22.2. The second-order valence-corrected chi connectivity index (χ2v) is 8.74. The van der Waals surface area contributed by atoms with Crippen molar-refractivity contribution in [2.45, 2.75) is 32.5 Å². The van der Waals surface area contributed by atoms with Gasteiger partial charge in [-0.05, 0) is 74.1 Å². The molecule has 0 spiro atoms. The minimum absolute atomic E-state index is 0.0510. The number of benzene rings is 1. The molecule has 4 aromatic rings. The third-order valence-electron chi connectivity index (χ3n) is 5.99. The summed E-state index contributed by atoms with van der Waals surface area (Å²) in [5, 5.41) is 4.91. The van der Waals surface area contributed by atoms with Crippen LogP contribution in [-0.2, 0) is 6.54 Å². The Labute approximate surface area is 197 Å². The lowest BCUT2D eigenvalue weighted by atomic mass is 9.96. The SMILES string of the molecule is Cc1cc([C@@H]2[C@H](c3ccccn3)NC(=S)N2Cc2ccco2)c(C)n1-c1ccccc1Cl. The number of thiocarbonyl (C=S) groups is 1. The van der Waals surface area contributed by atoms with E-state index in [-0.39, 0.29) is 12.1 Å². The van der Waals surface area contributed by atoms with Crippen LogP contribution in [0.15, 0.2) is 77.5 Å². The van der Waals surface area contributed by atoms with Crippen LogP contribution in [0, 0.1) is 13.8 Å². The maximum absolute atomic E-state index is 6.56. The number of furan rings is 1. The van der Waals surface area contributed by atoms with E-state index in [0.717, 1.165) is 33.6 Å². The fraction of sp³-hybridized carbons (Fsp3) is 0.200. The van der Waals surface area contributed by atoms with Crippen molar-refractivity contribution in [3.63, 3.8) is 0 Å². The highest BCUT2D eigenvalue weighted by Gasteiger charge is 2.41. The molecule has 1 N–H and O–H groups in total. The lowest BCUT2D eigenvalue weighted by Crippen LogP contribution is -2.29. The second-order valence-electron chi connectivity index (χ2n) is 7.95. The fourth-order valence-corrected chi connectivity index (χ4v) is 5.10. The van der Waals surface area contributed by atoms with E-state index in [0.29, 0.717) is 11.7 Å². The largest absolute Gasteiger partial charge is 0.467 e. The number of halogens is 1. The summed E-state index contributed by atoms with van der Waals surface area (Å²) in [7, 11) is 0. The number of hydrogen-bond acceptors (Lipinski definition) is 3. The van der Waals surface area contributed by atoms with Gasteiger partial charge in [-0.15, -0.1) is 0 Å². The Kier molecular flexibility index (Phi) is 5.49. The van der Waals surface area contributed by atoms with Crippen molar-refractivity contribution in [3.8, 4) is 5.69 Å². The van der Waals surface area contributed by atoms with Gasteiger partial charge in [-0.1, -0.05) is 29.8 Å². The minimum Gasteiger partial charge on any atom is -0.467 e. The number of aromatic nitrogens is 2. The van der Waals surface area contributed by atoms with Crippen LogP contribution in [0.3, 0.4) is 0 Å². The summed E-state index contributed by atoms with van der Waals surface area (Å²) in [6, 6.07) is 19.8. The van der Waals surface area contributed by atoms with Crippen molar-refractivity contribution in [2.75, 3.05) is 0 Å². The van der Waals surface area contributed by atoms with Gasteiger partial charge in [0.15, 0.2) is 5.11 Å². The normalized spacial score (nSPS) is 18.2. The summed E-state index contributed by atoms with van der Waals surface area (Å²) in [5.41, 5.74) is 5.33. The number of nitrogens with one attached hydrogen (secondary N) is 1. The van der Waals surface area contributed by atoms with Crippen LogP contribution < -0.4 is 5.32 Å². The number of rotatable bonds is 5. The molecule has 0 bridgehead atoms. The maximum atomic E-state index is 6.56. The smallest absolute Gasteiger partial charge is 0.170 e. The van der Waals surface area contributed by atoms with Crippen molar-refractivity contribution < 1.29 is 4.42 Å². The molecule has 1 saturated heterocycles. The molecule has 5 rings (SSSR count). The van der Waals surface area contributed by atoms with Crippen LogP contribution in [0.5, 0.6) is 0 Å². The van der Waals surface area contributed by atoms with Gasteiger partial charge in [-0.3, -0.25) is 4.98 Å². The molecule has 1 aromatic carbocycles. The van der Waals surface area contributed by atoms with E-state index >= 15 is 0 Å². The van der Waals surface area contributed by atoms with Gasteiger partial charge in [0.1, 0.15) is 5.76 Å². The van der Waals surface area contributed by atoms with Crippen LogP contribution in [0.1, 0.15) is 40.5 Å². The van der Waals surface area contributed by atoms with E-state index in [1.54, 1.807) is 6.26 Å². The summed E-state index contributed by atoms with van der Waals surface area (Å²) in [5.74, 6) is 0.862. The Morgan fingerprint density at radius 3 is 2.62 bits per heavy atom. The molecule has 162 valence electrons. The van der Waals surface area contributed by atoms with Crippen LogP contribution in [0.2, 0.25) is 5.02 Å². The topological polar surface area (TPSA) is 46.2 Å². The molecule has 5 nitrogen and oxygen atoms in total.